The maximum atomic E-state index is 12.9. The zero-order valence-electron chi connectivity index (χ0n) is 12.0. The molecular weight excluding hydrogens is 323 g/mol. The van der Waals surface area contributed by atoms with Gasteiger partial charge in [-0.25, -0.2) is 12.8 Å². The number of thiophene rings is 1. The van der Waals surface area contributed by atoms with Gasteiger partial charge in [-0.15, -0.1) is 11.3 Å². The van der Waals surface area contributed by atoms with Crippen molar-refractivity contribution in [3.63, 3.8) is 0 Å². The number of halogens is 1. The van der Waals surface area contributed by atoms with E-state index in [2.05, 4.69) is 4.90 Å². The van der Waals surface area contributed by atoms with Gasteiger partial charge in [0.05, 0.1) is 0 Å². The standard InChI is InChI=1S/C15H17FN2O2S2/c16-14-5-3-13(4-6-14)12-17-7-9-18(10-8-17)22(19,20)15-2-1-11-21-15/h1-6,11H,7-10,12H2. The lowest BCUT2D eigenvalue weighted by Gasteiger charge is -2.33. The number of benzene rings is 1. The molecule has 1 aromatic carbocycles. The van der Waals surface area contributed by atoms with Crippen LogP contribution in [0, 0.1) is 5.82 Å². The van der Waals surface area contributed by atoms with Gasteiger partial charge in [-0.3, -0.25) is 4.90 Å². The largest absolute Gasteiger partial charge is 0.296 e. The molecule has 0 saturated carbocycles. The maximum absolute atomic E-state index is 12.9. The van der Waals surface area contributed by atoms with Crippen LogP contribution in [0.5, 0.6) is 0 Å². The molecule has 0 aliphatic carbocycles. The normalized spacial score (nSPS) is 17.7. The fourth-order valence-corrected chi connectivity index (χ4v) is 5.08. The van der Waals surface area contributed by atoms with Crippen LogP contribution in [0.15, 0.2) is 46.0 Å². The summed E-state index contributed by atoms with van der Waals surface area (Å²) in [6, 6.07) is 9.83. The van der Waals surface area contributed by atoms with Crippen molar-refractivity contribution >= 4 is 21.4 Å². The van der Waals surface area contributed by atoms with Crippen molar-refractivity contribution in [3.8, 4) is 0 Å². The molecule has 1 aromatic heterocycles. The van der Waals surface area contributed by atoms with Crippen molar-refractivity contribution in [2.75, 3.05) is 26.2 Å². The van der Waals surface area contributed by atoms with Gasteiger partial charge >= 0.3 is 0 Å². The monoisotopic (exact) mass is 340 g/mol. The van der Waals surface area contributed by atoms with Crippen LogP contribution >= 0.6 is 11.3 Å². The highest BCUT2D eigenvalue weighted by molar-refractivity contribution is 7.91. The second kappa shape index (κ2) is 6.45. The molecule has 3 rings (SSSR count). The Hall–Kier alpha value is -1.28. The molecule has 22 heavy (non-hydrogen) atoms. The highest BCUT2D eigenvalue weighted by atomic mass is 32.2. The molecule has 4 nitrogen and oxygen atoms in total. The van der Waals surface area contributed by atoms with E-state index in [4.69, 9.17) is 0 Å². The Bertz CT molecular complexity index is 707. The summed E-state index contributed by atoms with van der Waals surface area (Å²) in [6.45, 7) is 3.06. The third kappa shape index (κ3) is 3.38. The topological polar surface area (TPSA) is 40.6 Å². The number of hydrogen-bond donors (Lipinski definition) is 0. The minimum atomic E-state index is -3.35. The molecule has 7 heteroatoms. The van der Waals surface area contributed by atoms with E-state index in [9.17, 15) is 12.8 Å². The summed E-state index contributed by atoms with van der Waals surface area (Å²) in [5, 5.41) is 1.78. The molecule has 1 saturated heterocycles. The first kappa shape index (κ1) is 15.6. The molecule has 0 N–H and O–H groups in total. The summed E-state index contributed by atoms with van der Waals surface area (Å²) < 4.78 is 39.7. The van der Waals surface area contributed by atoms with Crippen LogP contribution in [0.3, 0.4) is 0 Å². The molecule has 0 bridgehead atoms. The van der Waals surface area contributed by atoms with E-state index in [1.54, 1.807) is 34.0 Å². The summed E-state index contributed by atoms with van der Waals surface area (Å²) in [6.07, 6.45) is 0. The number of sulfonamides is 1. The molecule has 0 radical (unpaired) electrons. The Kier molecular flexibility index (Phi) is 4.58. The molecule has 118 valence electrons. The van der Waals surface area contributed by atoms with E-state index in [1.165, 1.54) is 23.5 Å². The number of nitrogens with zero attached hydrogens (tertiary/aromatic N) is 2. The molecule has 1 aliphatic heterocycles. The van der Waals surface area contributed by atoms with Gasteiger partial charge in [0, 0.05) is 32.7 Å². The van der Waals surface area contributed by atoms with Crippen LogP contribution in [0.1, 0.15) is 5.56 Å². The van der Waals surface area contributed by atoms with Crippen LogP contribution < -0.4 is 0 Å². The maximum Gasteiger partial charge on any atom is 0.252 e. The highest BCUT2D eigenvalue weighted by Crippen LogP contribution is 2.22. The Labute approximate surface area is 133 Å². The molecule has 0 atom stereocenters. The van der Waals surface area contributed by atoms with E-state index < -0.39 is 10.0 Å². The minimum absolute atomic E-state index is 0.240. The average Bonchev–Trinajstić information content (AvgIpc) is 3.05. The van der Waals surface area contributed by atoms with E-state index in [0.717, 1.165) is 5.56 Å². The smallest absolute Gasteiger partial charge is 0.252 e. The highest BCUT2D eigenvalue weighted by Gasteiger charge is 2.28. The van der Waals surface area contributed by atoms with Crippen LogP contribution in [-0.4, -0.2) is 43.8 Å². The fraction of sp³-hybridized carbons (Fsp3) is 0.333. The quantitative estimate of drug-likeness (QED) is 0.858. The fourth-order valence-electron chi connectivity index (χ4n) is 2.51. The second-order valence-electron chi connectivity index (χ2n) is 5.24. The summed E-state index contributed by atoms with van der Waals surface area (Å²) in [4.78, 5) is 2.19. The zero-order valence-corrected chi connectivity index (χ0v) is 13.6. The van der Waals surface area contributed by atoms with Crippen molar-refractivity contribution in [1.82, 2.24) is 9.21 Å². The van der Waals surface area contributed by atoms with Gasteiger partial charge in [-0.1, -0.05) is 18.2 Å². The summed E-state index contributed by atoms with van der Waals surface area (Å²) in [7, 11) is -3.35. The predicted molar refractivity (Wildman–Crippen MR) is 84.8 cm³/mol. The van der Waals surface area contributed by atoms with Gasteiger partial charge in [0.15, 0.2) is 0 Å². The second-order valence-corrected chi connectivity index (χ2v) is 8.35. The average molecular weight is 340 g/mol. The van der Waals surface area contributed by atoms with E-state index >= 15 is 0 Å². The summed E-state index contributed by atoms with van der Waals surface area (Å²) in [5.74, 6) is -0.240. The first-order valence-corrected chi connectivity index (χ1v) is 9.38. The first-order chi connectivity index (χ1) is 10.6. The van der Waals surface area contributed by atoms with Crippen LogP contribution in [0.25, 0.3) is 0 Å². The van der Waals surface area contributed by atoms with Crippen LogP contribution in [0.4, 0.5) is 4.39 Å². The molecular formula is C15H17FN2O2S2. The van der Waals surface area contributed by atoms with Crippen molar-refractivity contribution in [3.05, 3.63) is 53.2 Å². The van der Waals surface area contributed by atoms with Gasteiger partial charge in [-0.2, -0.15) is 4.31 Å². The molecule has 2 heterocycles. The van der Waals surface area contributed by atoms with E-state index in [-0.39, 0.29) is 5.82 Å². The zero-order chi connectivity index (χ0) is 15.6. The molecule has 1 aliphatic rings. The lowest BCUT2D eigenvalue weighted by Crippen LogP contribution is -2.48. The Morgan fingerprint density at radius 2 is 1.73 bits per heavy atom. The van der Waals surface area contributed by atoms with E-state index in [1.807, 2.05) is 0 Å². The SMILES string of the molecule is O=S(=O)(c1cccs1)N1CCN(Cc2ccc(F)cc2)CC1. The van der Waals surface area contributed by atoms with Crippen molar-refractivity contribution in [2.45, 2.75) is 10.8 Å². The molecule has 2 aromatic rings. The van der Waals surface area contributed by atoms with Gasteiger partial charge < -0.3 is 0 Å². The van der Waals surface area contributed by atoms with Crippen molar-refractivity contribution < 1.29 is 12.8 Å². The molecule has 0 unspecified atom stereocenters. The number of hydrogen-bond acceptors (Lipinski definition) is 4. The summed E-state index contributed by atoms with van der Waals surface area (Å²) >= 11 is 1.25. The van der Waals surface area contributed by atoms with Crippen molar-refractivity contribution in [2.24, 2.45) is 0 Å². The van der Waals surface area contributed by atoms with Gasteiger partial charge in [0.1, 0.15) is 10.0 Å². The van der Waals surface area contributed by atoms with Gasteiger partial charge in [0.2, 0.25) is 0 Å². The Morgan fingerprint density at radius 3 is 2.32 bits per heavy atom. The van der Waals surface area contributed by atoms with Crippen LogP contribution in [0.2, 0.25) is 0 Å². The van der Waals surface area contributed by atoms with Gasteiger partial charge in [0.25, 0.3) is 10.0 Å². The lowest BCUT2D eigenvalue weighted by molar-refractivity contribution is 0.181. The third-order valence-electron chi connectivity index (χ3n) is 3.74. The van der Waals surface area contributed by atoms with Gasteiger partial charge in [-0.05, 0) is 29.1 Å². The Balaban J connectivity index is 1.60. The molecule has 1 fully saturated rings. The lowest BCUT2D eigenvalue weighted by atomic mass is 10.2. The molecule has 0 spiro atoms. The van der Waals surface area contributed by atoms with Crippen LogP contribution in [-0.2, 0) is 16.6 Å². The molecule has 0 amide bonds. The third-order valence-corrected chi connectivity index (χ3v) is 7.01. The minimum Gasteiger partial charge on any atom is -0.296 e. The first-order valence-electron chi connectivity index (χ1n) is 7.06. The Morgan fingerprint density at radius 1 is 1.05 bits per heavy atom. The summed E-state index contributed by atoms with van der Waals surface area (Å²) in [5.41, 5.74) is 1.04. The van der Waals surface area contributed by atoms with Crippen molar-refractivity contribution in [1.29, 1.82) is 0 Å². The number of rotatable bonds is 4. The van der Waals surface area contributed by atoms with E-state index in [0.29, 0.717) is 36.9 Å². The predicted octanol–water partition coefficient (Wildman–Crippen LogP) is 2.39. The number of piperazine rings is 1.